The molecule has 0 spiro atoms. The molecule has 1 aromatic heterocycles. The number of nitrogens with zero attached hydrogens (tertiary/aromatic N) is 1. The second-order valence-corrected chi connectivity index (χ2v) is 9.89. The van der Waals surface area contributed by atoms with Gasteiger partial charge < -0.3 is 0 Å². The lowest BCUT2D eigenvalue weighted by molar-refractivity contribution is -0.396. The van der Waals surface area contributed by atoms with Gasteiger partial charge in [0.25, 0.3) is 0 Å². The van der Waals surface area contributed by atoms with E-state index in [0.29, 0.717) is 0 Å². The smallest absolute Gasteiger partial charge is 0.206 e. The van der Waals surface area contributed by atoms with Crippen molar-refractivity contribution in [3.05, 3.63) is 89.0 Å². The average molecular weight is 396 g/mol. The predicted octanol–water partition coefficient (Wildman–Crippen LogP) is 7.61. The second kappa shape index (κ2) is 6.33. The molecule has 0 fully saturated rings. The molecule has 1 aliphatic rings. The summed E-state index contributed by atoms with van der Waals surface area (Å²) in [6.07, 6.45) is 4.49. The molecule has 0 amide bonds. The van der Waals surface area contributed by atoms with Crippen LogP contribution in [-0.2, 0) is 5.41 Å². The molecule has 0 saturated carbocycles. The summed E-state index contributed by atoms with van der Waals surface area (Å²) in [5, 5.41) is 5.20. The molecule has 0 N–H and O–H groups in total. The van der Waals surface area contributed by atoms with Crippen LogP contribution in [0.2, 0.25) is 0 Å². The largest absolute Gasteiger partial charge is 0.376 e. The van der Waals surface area contributed by atoms with Crippen molar-refractivity contribution in [1.82, 2.24) is 0 Å². The summed E-state index contributed by atoms with van der Waals surface area (Å²) in [4.78, 5) is 0. The Morgan fingerprint density at radius 2 is 1.72 bits per heavy atom. The van der Waals surface area contributed by atoms with Gasteiger partial charge in [0, 0.05) is 0 Å². The number of aryl methyl sites for hydroxylation is 1. The Labute approximate surface area is 176 Å². The van der Waals surface area contributed by atoms with Gasteiger partial charge in [0.1, 0.15) is 0 Å². The molecular formula is C27H25NS. The van der Waals surface area contributed by atoms with Crippen LogP contribution in [0.3, 0.4) is 0 Å². The normalized spacial score (nSPS) is 14.1. The minimum Gasteiger partial charge on any atom is -0.206 e. The van der Waals surface area contributed by atoms with Crippen molar-refractivity contribution in [1.29, 1.82) is 0 Å². The molecule has 0 unspecified atom stereocenters. The van der Waals surface area contributed by atoms with E-state index in [1.165, 1.54) is 48.1 Å². The van der Waals surface area contributed by atoms with E-state index in [-0.39, 0.29) is 5.41 Å². The van der Waals surface area contributed by atoms with Gasteiger partial charge in [0.2, 0.25) is 11.3 Å². The van der Waals surface area contributed by atoms with Crippen molar-refractivity contribution < 1.29 is 4.58 Å². The minimum absolute atomic E-state index is 0.0652. The molecule has 0 bridgehead atoms. The number of thiophene rings is 1. The topological polar surface area (TPSA) is 3.01 Å². The molecule has 2 heterocycles. The van der Waals surface area contributed by atoms with Crippen molar-refractivity contribution >= 4 is 50.0 Å². The summed E-state index contributed by atoms with van der Waals surface area (Å²) >= 11 is 1.82. The van der Waals surface area contributed by atoms with E-state index >= 15 is 0 Å². The molecule has 5 rings (SSSR count). The highest BCUT2D eigenvalue weighted by molar-refractivity contribution is 7.22. The van der Waals surface area contributed by atoms with E-state index in [1.807, 2.05) is 11.3 Å². The van der Waals surface area contributed by atoms with Gasteiger partial charge in [-0.15, -0.1) is 24.3 Å². The minimum atomic E-state index is 0.0652. The van der Waals surface area contributed by atoms with Gasteiger partial charge in [0.05, 0.1) is 6.72 Å². The van der Waals surface area contributed by atoms with E-state index in [9.17, 15) is 0 Å². The van der Waals surface area contributed by atoms with Crippen LogP contribution in [0.1, 0.15) is 43.0 Å². The fourth-order valence-corrected chi connectivity index (χ4v) is 5.56. The zero-order valence-electron chi connectivity index (χ0n) is 17.4. The molecule has 2 heteroatoms. The Bertz CT molecular complexity index is 1310. The van der Waals surface area contributed by atoms with Gasteiger partial charge in [-0.05, 0) is 27.3 Å². The number of fused-ring (bicyclic) bond motifs is 4. The first-order valence-corrected chi connectivity index (χ1v) is 10.9. The molecule has 1 aliphatic heterocycles. The number of rotatable bonds is 1. The highest BCUT2D eigenvalue weighted by atomic mass is 32.1. The maximum atomic E-state index is 4.46. The first-order valence-electron chi connectivity index (χ1n) is 10.1. The van der Waals surface area contributed by atoms with Crippen LogP contribution >= 0.6 is 11.3 Å². The van der Waals surface area contributed by atoms with Gasteiger partial charge in [-0.2, -0.15) is 0 Å². The fourth-order valence-electron chi connectivity index (χ4n) is 4.42. The molecule has 4 aromatic rings. The number of hydrogen-bond acceptors (Lipinski definition) is 0. The SMILES string of the molecule is C=[N+]1c2[s+][c-]3ccccc3c2C=C[C-]1c1cc(C(C)(C)C)c2ccccc2c1C. The fraction of sp³-hybridized carbons (Fsp3) is 0.185. The Balaban J connectivity index is 1.73. The lowest BCUT2D eigenvalue weighted by Gasteiger charge is -2.28. The van der Waals surface area contributed by atoms with Gasteiger partial charge in [-0.1, -0.05) is 86.7 Å². The summed E-state index contributed by atoms with van der Waals surface area (Å²) in [7, 11) is 0. The van der Waals surface area contributed by atoms with Crippen LogP contribution < -0.4 is 0 Å². The predicted molar refractivity (Wildman–Crippen MR) is 128 cm³/mol. The van der Waals surface area contributed by atoms with E-state index in [1.54, 1.807) is 0 Å². The van der Waals surface area contributed by atoms with Crippen molar-refractivity contribution in [3.63, 3.8) is 0 Å². The standard InChI is InChI=1S/C27H25NS/c1-17-18-10-6-7-11-19(18)23(27(2,3)4)16-22(17)24-15-14-21-20-12-8-9-13-25(20)29-26(21)28(24)5/h6-16H,5H2,1-4H3. The molecule has 0 radical (unpaired) electrons. The highest BCUT2D eigenvalue weighted by Gasteiger charge is 2.32. The number of hydrogen-bond donors (Lipinski definition) is 0. The van der Waals surface area contributed by atoms with Gasteiger partial charge in [0.15, 0.2) is 10.7 Å². The quantitative estimate of drug-likeness (QED) is 0.177. The zero-order chi connectivity index (χ0) is 20.3. The Morgan fingerprint density at radius 1 is 1.00 bits per heavy atom. The summed E-state index contributed by atoms with van der Waals surface area (Å²) in [5.41, 5.74) is 5.30. The lowest BCUT2D eigenvalue weighted by Crippen LogP contribution is -2.18. The van der Waals surface area contributed by atoms with Crippen molar-refractivity contribution in [2.45, 2.75) is 33.1 Å². The summed E-state index contributed by atoms with van der Waals surface area (Å²) in [5.74, 6) is 0. The Hall–Kier alpha value is -2.84. The summed E-state index contributed by atoms with van der Waals surface area (Å²) in [6.45, 7) is 13.6. The van der Waals surface area contributed by atoms with Crippen LogP contribution in [0.4, 0.5) is 5.00 Å². The second-order valence-electron chi connectivity index (χ2n) is 8.86. The number of benzene rings is 3. The van der Waals surface area contributed by atoms with E-state index in [2.05, 4.69) is 106 Å². The average Bonchev–Trinajstić information content (AvgIpc) is 3.08. The Kier molecular flexibility index (Phi) is 3.97. The van der Waals surface area contributed by atoms with Crippen molar-refractivity contribution in [3.8, 4) is 0 Å². The van der Waals surface area contributed by atoms with Gasteiger partial charge in [-0.25, -0.2) is 4.58 Å². The molecular weight excluding hydrogens is 370 g/mol. The van der Waals surface area contributed by atoms with Gasteiger partial charge >= 0.3 is 5.00 Å². The summed E-state index contributed by atoms with van der Waals surface area (Å²) < 4.78 is 3.44. The van der Waals surface area contributed by atoms with E-state index in [0.717, 1.165) is 6.04 Å². The monoisotopic (exact) mass is 395 g/mol. The van der Waals surface area contributed by atoms with Gasteiger partial charge in [-0.3, -0.25) is 0 Å². The maximum Gasteiger partial charge on any atom is 0.376 e. The van der Waals surface area contributed by atoms with Crippen molar-refractivity contribution in [2.24, 2.45) is 0 Å². The maximum absolute atomic E-state index is 4.46. The molecule has 1 nitrogen and oxygen atoms in total. The zero-order valence-corrected chi connectivity index (χ0v) is 18.2. The van der Waals surface area contributed by atoms with Crippen molar-refractivity contribution in [2.75, 3.05) is 0 Å². The van der Waals surface area contributed by atoms with E-state index in [4.69, 9.17) is 0 Å². The van der Waals surface area contributed by atoms with Crippen LogP contribution in [0, 0.1) is 13.0 Å². The molecule has 0 atom stereocenters. The molecule has 3 aromatic carbocycles. The first-order chi connectivity index (χ1) is 13.9. The lowest BCUT2D eigenvalue weighted by atomic mass is 9.80. The third-order valence-electron chi connectivity index (χ3n) is 5.96. The molecule has 0 saturated heterocycles. The highest BCUT2D eigenvalue weighted by Crippen LogP contribution is 2.45. The van der Waals surface area contributed by atoms with Crippen LogP contribution in [0.25, 0.3) is 26.9 Å². The van der Waals surface area contributed by atoms with Crippen LogP contribution in [0.5, 0.6) is 0 Å². The van der Waals surface area contributed by atoms with Crippen LogP contribution in [0.15, 0.2) is 60.7 Å². The first kappa shape index (κ1) is 18.2. The summed E-state index contributed by atoms with van der Waals surface area (Å²) in [6, 6.07) is 20.9. The van der Waals surface area contributed by atoms with Crippen LogP contribution in [-0.4, -0.2) is 11.3 Å². The molecule has 144 valence electrons. The van der Waals surface area contributed by atoms with E-state index < -0.39 is 0 Å². The molecule has 0 aliphatic carbocycles. The molecule has 29 heavy (non-hydrogen) atoms. The Morgan fingerprint density at radius 3 is 2.48 bits per heavy atom. The third kappa shape index (κ3) is 2.74. The third-order valence-corrected chi connectivity index (χ3v) is 7.17.